The van der Waals surface area contributed by atoms with Crippen LogP contribution in [0.3, 0.4) is 0 Å². The molecule has 0 saturated carbocycles. The molecule has 0 aliphatic carbocycles. The van der Waals surface area contributed by atoms with Crippen LogP contribution in [-0.2, 0) is 4.79 Å². The lowest BCUT2D eigenvalue weighted by Gasteiger charge is -2.08. The van der Waals surface area contributed by atoms with Crippen LogP contribution < -0.4 is 10.2 Å². The molecule has 1 aromatic heterocycles. The highest BCUT2D eigenvalue weighted by atomic mass is 35.5. The fraction of sp³-hybridized carbons (Fsp3) is 0.133. The molecule has 5 nitrogen and oxygen atoms in total. The Labute approximate surface area is 127 Å². The maximum absolute atomic E-state index is 11.6. The van der Waals surface area contributed by atoms with Crippen LogP contribution in [0, 0.1) is 6.92 Å². The molecule has 1 N–H and O–H groups in total. The summed E-state index contributed by atoms with van der Waals surface area (Å²) in [5.41, 5.74) is 4.05. The van der Waals surface area contributed by atoms with Crippen LogP contribution in [0.25, 0.3) is 0 Å². The summed E-state index contributed by atoms with van der Waals surface area (Å²) in [4.78, 5) is 15.5. The van der Waals surface area contributed by atoms with Gasteiger partial charge in [0.05, 0.1) is 6.21 Å². The van der Waals surface area contributed by atoms with E-state index in [9.17, 15) is 4.79 Å². The fourth-order valence-corrected chi connectivity index (χ4v) is 1.81. The molecule has 108 valence electrons. The molecule has 21 heavy (non-hydrogen) atoms. The molecule has 0 spiro atoms. The Morgan fingerprint density at radius 2 is 2.33 bits per heavy atom. The number of rotatable bonds is 5. The lowest BCUT2D eigenvalue weighted by Crippen LogP contribution is -2.24. The Morgan fingerprint density at radius 3 is 3.05 bits per heavy atom. The van der Waals surface area contributed by atoms with E-state index in [1.54, 1.807) is 36.7 Å². The minimum absolute atomic E-state index is 0.118. The second-order valence-electron chi connectivity index (χ2n) is 4.28. The number of pyridine rings is 1. The predicted octanol–water partition coefficient (Wildman–Crippen LogP) is 2.57. The molecule has 0 aliphatic rings. The number of carbonyl (C=O) groups is 1. The maximum atomic E-state index is 11.6. The summed E-state index contributed by atoms with van der Waals surface area (Å²) in [5, 5.41) is 4.45. The van der Waals surface area contributed by atoms with Gasteiger partial charge < -0.3 is 4.74 Å². The number of amides is 1. The van der Waals surface area contributed by atoms with E-state index >= 15 is 0 Å². The minimum Gasteiger partial charge on any atom is -0.483 e. The number of nitrogens with zero attached hydrogens (tertiary/aromatic N) is 2. The van der Waals surface area contributed by atoms with Crippen molar-refractivity contribution in [1.29, 1.82) is 0 Å². The molecule has 0 saturated heterocycles. The third-order valence-electron chi connectivity index (χ3n) is 2.58. The Hall–Kier alpha value is -2.40. The molecule has 0 aliphatic heterocycles. The predicted molar refractivity (Wildman–Crippen MR) is 81.7 cm³/mol. The van der Waals surface area contributed by atoms with Gasteiger partial charge in [-0.2, -0.15) is 5.10 Å². The van der Waals surface area contributed by atoms with E-state index in [2.05, 4.69) is 15.5 Å². The first-order valence-electron chi connectivity index (χ1n) is 6.26. The zero-order valence-corrected chi connectivity index (χ0v) is 12.2. The van der Waals surface area contributed by atoms with Gasteiger partial charge in [0, 0.05) is 23.0 Å². The normalized spacial score (nSPS) is 10.6. The van der Waals surface area contributed by atoms with Crippen molar-refractivity contribution in [2.24, 2.45) is 5.10 Å². The van der Waals surface area contributed by atoms with Crippen LogP contribution in [0.15, 0.2) is 47.8 Å². The molecule has 1 aromatic carbocycles. The second kappa shape index (κ2) is 7.40. The minimum atomic E-state index is -0.343. The van der Waals surface area contributed by atoms with Gasteiger partial charge in [-0.3, -0.25) is 9.78 Å². The number of benzene rings is 1. The standard InChI is InChI=1S/C15H14ClN3O2/c1-11-7-13(16)4-5-14(11)21-10-15(20)19-18-9-12-3-2-6-17-8-12/h2-9H,10H2,1H3,(H,19,20). The SMILES string of the molecule is Cc1cc(Cl)ccc1OCC(=O)NN=Cc1cccnc1. The van der Waals surface area contributed by atoms with E-state index in [-0.39, 0.29) is 12.5 Å². The third kappa shape index (κ3) is 4.89. The molecule has 0 atom stereocenters. The number of nitrogens with one attached hydrogen (secondary N) is 1. The first-order valence-corrected chi connectivity index (χ1v) is 6.64. The summed E-state index contributed by atoms with van der Waals surface area (Å²) in [6.07, 6.45) is 4.82. The quantitative estimate of drug-likeness (QED) is 0.682. The fourth-order valence-electron chi connectivity index (χ4n) is 1.58. The molecule has 0 unspecified atom stereocenters. The third-order valence-corrected chi connectivity index (χ3v) is 2.82. The molecular weight excluding hydrogens is 290 g/mol. The van der Waals surface area contributed by atoms with Crippen LogP contribution in [0.1, 0.15) is 11.1 Å². The molecule has 0 fully saturated rings. The largest absolute Gasteiger partial charge is 0.483 e. The summed E-state index contributed by atoms with van der Waals surface area (Å²) in [7, 11) is 0. The number of hydrazone groups is 1. The van der Waals surface area contributed by atoms with Crippen LogP contribution in [-0.4, -0.2) is 23.7 Å². The van der Waals surface area contributed by atoms with Crippen LogP contribution in [0.5, 0.6) is 5.75 Å². The van der Waals surface area contributed by atoms with Gasteiger partial charge in [0.2, 0.25) is 0 Å². The summed E-state index contributed by atoms with van der Waals surface area (Å²) in [6.45, 7) is 1.74. The maximum Gasteiger partial charge on any atom is 0.277 e. The number of hydrogen-bond donors (Lipinski definition) is 1. The molecule has 0 bridgehead atoms. The van der Waals surface area contributed by atoms with Gasteiger partial charge in [-0.25, -0.2) is 5.43 Å². The van der Waals surface area contributed by atoms with Crippen molar-refractivity contribution in [3.63, 3.8) is 0 Å². The smallest absolute Gasteiger partial charge is 0.277 e. The monoisotopic (exact) mass is 303 g/mol. The molecule has 2 aromatic rings. The van der Waals surface area contributed by atoms with E-state index in [1.807, 2.05) is 13.0 Å². The van der Waals surface area contributed by atoms with Gasteiger partial charge in [-0.15, -0.1) is 0 Å². The van der Waals surface area contributed by atoms with Crippen molar-refractivity contribution in [3.8, 4) is 5.75 Å². The summed E-state index contributed by atoms with van der Waals surface area (Å²) in [5.74, 6) is 0.273. The van der Waals surface area contributed by atoms with Crippen molar-refractivity contribution in [2.45, 2.75) is 6.92 Å². The van der Waals surface area contributed by atoms with Gasteiger partial charge in [0.1, 0.15) is 5.75 Å². The van der Waals surface area contributed by atoms with Crippen LogP contribution in [0.4, 0.5) is 0 Å². The number of halogens is 1. The molecule has 0 radical (unpaired) electrons. The van der Waals surface area contributed by atoms with E-state index in [0.29, 0.717) is 10.8 Å². The second-order valence-corrected chi connectivity index (χ2v) is 4.71. The highest BCUT2D eigenvalue weighted by molar-refractivity contribution is 6.30. The van der Waals surface area contributed by atoms with Crippen molar-refractivity contribution < 1.29 is 9.53 Å². The number of hydrogen-bond acceptors (Lipinski definition) is 4. The van der Waals surface area contributed by atoms with Crippen LogP contribution >= 0.6 is 11.6 Å². The van der Waals surface area contributed by atoms with Crippen LogP contribution in [0.2, 0.25) is 5.02 Å². The number of ether oxygens (including phenoxy) is 1. The number of aryl methyl sites for hydroxylation is 1. The summed E-state index contributed by atoms with van der Waals surface area (Å²) < 4.78 is 5.40. The molecular formula is C15H14ClN3O2. The Bertz CT molecular complexity index is 645. The lowest BCUT2D eigenvalue weighted by atomic mass is 10.2. The van der Waals surface area contributed by atoms with E-state index in [1.165, 1.54) is 6.21 Å². The Kier molecular flexibility index (Phi) is 5.29. The zero-order valence-electron chi connectivity index (χ0n) is 11.4. The molecule has 2 rings (SSSR count). The number of carbonyl (C=O) groups excluding carboxylic acids is 1. The Balaban J connectivity index is 1.81. The topological polar surface area (TPSA) is 63.6 Å². The van der Waals surface area contributed by atoms with Gasteiger partial charge in [0.15, 0.2) is 6.61 Å². The van der Waals surface area contributed by atoms with Crippen molar-refractivity contribution >= 4 is 23.7 Å². The first kappa shape index (κ1) is 15.0. The van der Waals surface area contributed by atoms with Gasteiger partial charge >= 0.3 is 0 Å². The van der Waals surface area contributed by atoms with E-state index < -0.39 is 0 Å². The van der Waals surface area contributed by atoms with Gasteiger partial charge in [-0.05, 0) is 36.8 Å². The van der Waals surface area contributed by atoms with Crippen molar-refractivity contribution in [1.82, 2.24) is 10.4 Å². The van der Waals surface area contributed by atoms with E-state index in [4.69, 9.17) is 16.3 Å². The molecule has 1 heterocycles. The highest BCUT2D eigenvalue weighted by Crippen LogP contribution is 2.21. The summed E-state index contributed by atoms with van der Waals surface area (Å²) >= 11 is 5.85. The average molecular weight is 304 g/mol. The van der Waals surface area contributed by atoms with Crippen molar-refractivity contribution in [3.05, 3.63) is 58.9 Å². The molecule has 6 heteroatoms. The highest BCUT2D eigenvalue weighted by Gasteiger charge is 2.04. The van der Waals surface area contributed by atoms with E-state index in [0.717, 1.165) is 11.1 Å². The lowest BCUT2D eigenvalue weighted by molar-refractivity contribution is -0.123. The average Bonchev–Trinajstić information content (AvgIpc) is 2.47. The zero-order chi connectivity index (χ0) is 15.1. The van der Waals surface area contributed by atoms with Gasteiger partial charge in [-0.1, -0.05) is 17.7 Å². The summed E-state index contributed by atoms with van der Waals surface area (Å²) in [6, 6.07) is 8.83. The number of aromatic nitrogens is 1. The van der Waals surface area contributed by atoms with Crippen molar-refractivity contribution in [2.75, 3.05) is 6.61 Å². The van der Waals surface area contributed by atoms with Gasteiger partial charge in [0.25, 0.3) is 5.91 Å². The Morgan fingerprint density at radius 1 is 1.48 bits per heavy atom. The molecule has 1 amide bonds. The first-order chi connectivity index (χ1) is 10.1.